The fourth-order valence-electron chi connectivity index (χ4n) is 1.24. The quantitative estimate of drug-likeness (QED) is 0.802. The van der Waals surface area contributed by atoms with E-state index >= 15 is 0 Å². The highest BCUT2D eigenvalue weighted by Crippen LogP contribution is 2.24. The predicted octanol–water partition coefficient (Wildman–Crippen LogP) is 2.48. The Morgan fingerprint density at radius 2 is 2.00 bits per heavy atom. The largest absolute Gasteiger partial charge is 0.214 e. The van der Waals surface area contributed by atoms with Crippen molar-refractivity contribution in [3.05, 3.63) is 40.1 Å². The van der Waals surface area contributed by atoms with Crippen LogP contribution in [0.2, 0.25) is 0 Å². The molecule has 0 aliphatic heterocycles. The topological polar surface area (TPSA) is 62.5 Å². The lowest BCUT2D eigenvalue weighted by molar-refractivity contribution is 0.922. The van der Waals surface area contributed by atoms with Crippen LogP contribution in [0.4, 0.5) is 0 Å². The van der Waals surface area contributed by atoms with E-state index in [1.54, 1.807) is 6.92 Å². The molecule has 0 saturated heterocycles. The molecule has 0 N–H and O–H groups in total. The maximum atomic E-state index is 8.87. The molecule has 0 aliphatic rings. The van der Waals surface area contributed by atoms with Crippen LogP contribution in [-0.2, 0) is 0 Å². The van der Waals surface area contributed by atoms with Crippen LogP contribution in [0.25, 0.3) is 11.4 Å². The average molecular weight is 275 g/mol. The summed E-state index contributed by atoms with van der Waals surface area (Å²) in [6.45, 7) is 1.71. The van der Waals surface area contributed by atoms with Crippen molar-refractivity contribution in [1.29, 1.82) is 5.26 Å². The van der Waals surface area contributed by atoms with Crippen molar-refractivity contribution in [1.82, 2.24) is 15.2 Å². The van der Waals surface area contributed by atoms with Gasteiger partial charge < -0.3 is 0 Å². The lowest BCUT2D eigenvalue weighted by Crippen LogP contribution is -1.99. The van der Waals surface area contributed by atoms with Crippen LogP contribution in [0.1, 0.15) is 11.4 Å². The van der Waals surface area contributed by atoms with Gasteiger partial charge in [0.05, 0.1) is 5.69 Å². The first kappa shape index (κ1) is 10.7. The van der Waals surface area contributed by atoms with Gasteiger partial charge in [-0.1, -0.05) is 28.1 Å². The molecule has 78 valence electrons. The van der Waals surface area contributed by atoms with Crippen molar-refractivity contribution < 1.29 is 0 Å². The molecule has 1 heterocycles. The van der Waals surface area contributed by atoms with E-state index < -0.39 is 0 Å². The number of halogens is 1. The SMILES string of the molecule is Cc1nnc(-c2ccccc2Br)nc1C#N. The van der Waals surface area contributed by atoms with Crippen molar-refractivity contribution >= 4 is 15.9 Å². The summed E-state index contributed by atoms with van der Waals surface area (Å²) in [6, 6.07) is 9.55. The van der Waals surface area contributed by atoms with Gasteiger partial charge in [0.15, 0.2) is 11.5 Å². The summed E-state index contributed by atoms with van der Waals surface area (Å²) in [4.78, 5) is 4.16. The Morgan fingerprint density at radius 1 is 1.25 bits per heavy atom. The zero-order valence-corrected chi connectivity index (χ0v) is 10.1. The van der Waals surface area contributed by atoms with Crippen molar-refractivity contribution in [2.24, 2.45) is 0 Å². The number of nitriles is 1. The molecule has 1 aromatic carbocycles. The first-order valence-electron chi connectivity index (χ1n) is 4.58. The normalized spacial score (nSPS) is 9.81. The molecular formula is C11H7BrN4. The lowest BCUT2D eigenvalue weighted by Gasteiger charge is -2.02. The summed E-state index contributed by atoms with van der Waals surface area (Å²) >= 11 is 3.41. The molecule has 0 unspecified atom stereocenters. The Bertz CT molecular complexity index is 574. The predicted molar refractivity (Wildman–Crippen MR) is 62.4 cm³/mol. The van der Waals surface area contributed by atoms with Crippen LogP contribution < -0.4 is 0 Å². The second-order valence-electron chi connectivity index (χ2n) is 3.16. The van der Waals surface area contributed by atoms with E-state index in [-0.39, 0.29) is 0 Å². The average Bonchev–Trinajstić information content (AvgIpc) is 2.31. The van der Waals surface area contributed by atoms with Crippen molar-refractivity contribution in [3.63, 3.8) is 0 Å². The van der Waals surface area contributed by atoms with Gasteiger partial charge in [0.25, 0.3) is 0 Å². The maximum absolute atomic E-state index is 8.87. The number of nitrogens with zero attached hydrogens (tertiary/aromatic N) is 4. The zero-order valence-electron chi connectivity index (χ0n) is 8.48. The van der Waals surface area contributed by atoms with E-state index in [0.717, 1.165) is 10.0 Å². The van der Waals surface area contributed by atoms with Gasteiger partial charge in [-0.2, -0.15) is 10.4 Å². The fraction of sp³-hybridized carbons (Fsp3) is 0.0909. The number of aromatic nitrogens is 3. The van der Waals surface area contributed by atoms with Crippen LogP contribution in [0.15, 0.2) is 28.7 Å². The smallest absolute Gasteiger partial charge is 0.184 e. The fourth-order valence-corrected chi connectivity index (χ4v) is 1.70. The molecule has 0 fully saturated rings. The standard InChI is InChI=1S/C11H7BrN4/c1-7-10(6-13)14-11(16-15-7)8-4-2-3-5-9(8)12/h2-5H,1H3. The molecule has 0 aliphatic carbocycles. The molecule has 1 aromatic heterocycles. The molecular weight excluding hydrogens is 268 g/mol. The first-order valence-corrected chi connectivity index (χ1v) is 5.38. The molecule has 2 aromatic rings. The van der Waals surface area contributed by atoms with Crippen LogP contribution in [0.5, 0.6) is 0 Å². The highest BCUT2D eigenvalue weighted by Gasteiger charge is 2.09. The van der Waals surface area contributed by atoms with Gasteiger partial charge in [0, 0.05) is 10.0 Å². The zero-order chi connectivity index (χ0) is 11.5. The molecule has 16 heavy (non-hydrogen) atoms. The first-order chi connectivity index (χ1) is 7.72. The molecule has 2 rings (SSSR count). The minimum atomic E-state index is 0.306. The molecule has 0 atom stereocenters. The summed E-state index contributed by atoms with van der Waals surface area (Å²) in [7, 11) is 0. The minimum absolute atomic E-state index is 0.306. The summed E-state index contributed by atoms with van der Waals surface area (Å²) < 4.78 is 0.879. The van der Waals surface area contributed by atoms with Gasteiger partial charge >= 0.3 is 0 Å². The van der Waals surface area contributed by atoms with Crippen LogP contribution in [0, 0.1) is 18.3 Å². The Labute approximate surface area is 101 Å². The molecule has 4 nitrogen and oxygen atoms in total. The van der Waals surface area contributed by atoms with E-state index in [9.17, 15) is 0 Å². The van der Waals surface area contributed by atoms with E-state index in [4.69, 9.17) is 5.26 Å². The number of hydrogen-bond donors (Lipinski definition) is 0. The van der Waals surface area contributed by atoms with E-state index in [1.807, 2.05) is 30.3 Å². The Morgan fingerprint density at radius 3 is 2.69 bits per heavy atom. The number of hydrogen-bond acceptors (Lipinski definition) is 4. The van der Waals surface area contributed by atoms with Gasteiger partial charge in [0.1, 0.15) is 6.07 Å². The van der Waals surface area contributed by atoms with E-state index in [1.165, 1.54) is 0 Å². The van der Waals surface area contributed by atoms with Gasteiger partial charge in [-0.3, -0.25) is 0 Å². The lowest BCUT2D eigenvalue weighted by atomic mass is 10.2. The highest BCUT2D eigenvalue weighted by atomic mass is 79.9. The van der Waals surface area contributed by atoms with Crippen molar-refractivity contribution in [3.8, 4) is 17.5 Å². The Hall–Kier alpha value is -1.80. The van der Waals surface area contributed by atoms with Crippen LogP contribution >= 0.6 is 15.9 Å². The second-order valence-corrected chi connectivity index (χ2v) is 4.02. The van der Waals surface area contributed by atoms with Crippen molar-refractivity contribution in [2.45, 2.75) is 6.92 Å². The summed E-state index contributed by atoms with van der Waals surface area (Å²) in [5.74, 6) is 0.453. The molecule has 5 heteroatoms. The molecule has 0 saturated carbocycles. The Kier molecular flexibility index (Phi) is 2.93. The van der Waals surface area contributed by atoms with Gasteiger partial charge in [-0.25, -0.2) is 4.98 Å². The van der Waals surface area contributed by atoms with Gasteiger partial charge in [-0.15, -0.1) is 5.10 Å². The van der Waals surface area contributed by atoms with Crippen LogP contribution in [0.3, 0.4) is 0 Å². The van der Waals surface area contributed by atoms with Crippen molar-refractivity contribution in [2.75, 3.05) is 0 Å². The summed E-state index contributed by atoms with van der Waals surface area (Å²) in [5, 5.41) is 16.8. The van der Waals surface area contributed by atoms with Crippen LogP contribution in [-0.4, -0.2) is 15.2 Å². The maximum Gasteiger partial charge on any atom is 0.184 e. The number of aryl methyl sites for hydroxylation is 1. The summed E-state index contributed by atoms with van der Waals surface area (Å²) in [6.07, 6.45) is 0. The molecule has 0 radical (unpaired) electrons. The third-order valence-electron chi connectivity index (χ3n) is 2.08. The van der Waals surface area contributed by atoms with Gasteiger partial charge in [0.2, 0.25) is 0 Å². The van der Waals surface area contributed by atoms with Gasteiger partial charge in [-0.05, 0) is 19.1 Å². The Balaban J connectivity index is 2.59. The monoisotopic (exact) mass is 274 g/mol. The number of rotatable bonds is 1. The molecule has 0 bridgehead atoms. The third kappa shape index (κ3) is 1.92. The molecule has 0 amide bonds. The second kappa shape index (κ2) is 4.37. The summed E-state index contributed by atoms with van der Waals surface area (Å²) in [5.41, 5.74) is 1.67. The third-order valence-corrected chi connectivity index (χ3v) is 2.77. The number of benzene rings is 1. The highest BCUT2D eigenvalue weighted by molar-refractivity contribution is 9.10. The van der Waals surface area contributed by atoms with E-state index in [0.29, 0.717) is 17.2 Å². The molecule has 0 spiro atoms. The minimum Gasteiger partial charge on any atom is -0.214 e. The van der Waals surface area contributed by atoms with E-state index in [2.05, 4.69) is 31.1 Å².